The first-order valence-electron chi connectivity index (χ1n) is 10.4. The molecule has 0 aliphatic rings. The molecule has 0 radical (unpaired) electrons. The standard InChI is InChI=1S/C27H22N2O2S2/c30-26(21-11-5-2-6-12-21)29-25(18-24-15-8-16-32-24)27(31)28-22-13-7-14-23(17-22)33-19-20-9-3-1-4-10-20/h1-18H,19H2,(H,28,31)(H,29,30)/b25-18+. The zero-order valence-corrected chi connectivity index (χ0v) is 19.4. The lowest BCUT2D eigenvalue weighted by Gasteiger charge is -2.12. The van der Waals surface area contributed by atoms with Crippen LogP contribution in [0.5, 0.6) is 0 Å². The van der Waals surface area contributed by atoms with Crippen molar-refractivity contribution in [3.63, 3.8) is 0 Å². The van der Waals surface area contributed by atoms with Crippen LogP contribution in [0.2, 0.25) is 0 Å². The quantitative estimate of drug-likeness (QED) is 0.230. The second kappa shape index (κ2) is 11.3. The highest BCUT2D eigenvalue weighted by Gasteiger charge is 2.15. The van der Waals surface area contributed by atoms with Gasteiger partial charge in [-0.05, 0) is 53.4 Å². The van der Waals surface area contributed by atoms with Crippen LogP contribution in [0.3, 0.4) is 0 Å². The smallest absolute Gasteiger partial charge is 0.272 e. The largest absolute Gasteiger partial charge is 0.321 e. The summed E-state index contributed by atoms with van der Waals surface area (Å²) >= 11 is 3.19. The van der Waals surface area contributed by atoms with Crippen LogP contribution in [0, 0.1) is 0 Å². The summed E-state index contributed by atoms with van der Waals surface area (Å²) in [6, 6.07) is 30.6. The van der Waals surface area contributed by atoms with Crippen LogP contribution in [0.1, 0.15) is 20.8 Å². The molecule has 0 fully saturated rings. The van der Waals surface area contributed by atoms with Crippen molar-refractivity contribution in [1.29, 1.82) is 0 Å². The SMILES string of the molecule is O=C(Nc1cccc(SCc2ccccc2)c1)/C(=C\c1cccs1)NC(=O)c1ccccc1. The van der Waals surface area contributed by atoms with Crippen molar-refractivity contribution < 1.29 is 9.59 Å². The van der Waals surface area contributed by atoms with Crippen LogP contribution in [0.15, 0.2) is 113 Å². The first-order chi connectivity index (χ1) is 16.2. The van der Waals surface area contributed by atoms with E-state index in [1.165, 1.54) is 16.9 Å². The van der Waals surface area contributed by atoms with E-state index in [4.69, 9.17) is 0 Å². The zero-order valence-electron chi connectivity index (χ0n) is 17.7. The Labute approximate surface area is 201 Å². The minimum Gasteiger partial charge on any atom is -0.321 e. The Hall–Kier alpha value is -3.61. The van der Waals surface area contributed by atoms with Crippen molar-refractivity contribution >= 4 is 46.7 Å². The van der Waals surface area contributed by atoms with E-state index in [2.05, 4.69) is 22.8 Å². The fourth-order valence-electron chi connectivity index (χ4n) is 3.06. The number of anilines is 1. The van der Waals surface area contributed by atoms with E-state index in [1.54, 1.807) is 42.1 Å². The minimum absolute atomic E-state index is 0.189. The highest BCUT2D eigenvalue weighted by Crippen LogP contribution is 2.25. The molecule has 2 amide bonds. The maximum absolute atomic E-state index is 13.1. The molecule has 4 rings (SSSR count). The van der Waals surface area contributed by atoms with Crippen LogP contribution in [0.4, 0.5) is 5.69 Å². The lowest BCUT2D eigenvalue weighted by atomic mass is 10.2. The molecular formula is C27H22N2O2S2. The van der Waals surface area contributed by atoms with Crippen molar-refractivity contribution in [3.8, 4) is 0 Å². The molecule has 0 saturated carbocycles. The maximum atomic E-state index is 13.1. The number of hydrogen-bond donors (Lipinski definition) is 2. The first-order valence-corrected chi connectivity index (χ1v) is 12.2. The lowest BCUT2D eigenvalue weighted by Crippen LogP contribution is -2.30. The monoisotopic (exact) mass is 470 g/mol. The Morgan fingerprint density at radius 2 is 1.61 bits per heavy atom. The Morgan fingerprint density at radius 3 is 2.33 bits per heavy atom. The van der Waals surface area contributed by atoms with E-state index < -0.39 is 0 Å². The molecule has 0 bridgehead atoms. The third-order valence-electron chi connectivity index (χ3n) is 4.70. The normalized spacial score (nSPS) is 11.1. The van der Waals surface area contributed by atoms with Gasteiger partial charge in [0.15, 0.2) is 0 Å². The van der Waals surface area contributed by atoms with Gasteiger partial charge < -0.3 is 10.6 Å². The number of amides is 2. The van der Waals surface area contributed by atoms with E-state index in [-0.39, 0.29) is 17.5 Å². The predicted molar refractivity (Wildman–Crippen MR) is 137 cm³/mol. The fourth-order valence-corrected chi connectivity index (χ4v) is 4.63. The Bertz CT molecular complexity index is 1240. The summed E-state index contributed by atoms with van der Waals surface area (Å²) in [6.07, 6.45) is 1.69. The van der Waals surface area contributed by atoms with Crippen molar-refractivity contribution in [3.05, 3.63) is 124 Å². The van der Waals surface area contributed by atoms with Crippen LogP contribution < -0.4 is 10.6 Å². The number of hydrogen-bond acceptors (Lipinski definition) is 4. The summed E-state index contributed by atoms with van der Waals surface area (Å²) in [6.45, 7) is 0. The summed E-state index contributed by atoms with van der Waals surface area (Å²) < 4.78 is 0. The van der Waals surface area contributed by atoms with Gasteiger partial charge in [-0.3, -0.25) is 9.59 Å². The van der Waals surface area contributed by atoms with E-state index in [0.29, 0.717) is 11.3 Å². The van der Waals surface area contributed by atoms with E-state index in [1.807, 2.05) is 66.0 Å². The number of benzene rings is 3. The molecule has 6 heteroatoms. The summed E-state index contributed by atoms with van der Waals surface area (Å²) in [4.78, 5) is 27.7. The lowest BCUT2D eigenvalue weighted by molar-refractivity contribution is -0.113. The van der Waals surface area contributed by atoms with Gasteiger partial charge in [0.25, 0.3) is 11.8 Å². The molecule has 0 unspecified atom stereocenters. The molecule has 164 valence electrons. The highest BCUT2D eigenvalue weighted by molar-refractivity contribution is 7.98. The molecule has 1 heterocycles. The second-order valence-corrected chi connectivity index (χ2v) is 9.18. The third kappa shape index (κ3) is 6.68. The van der Waals surface area contributed by atoms with Crippen LogP contribution in [-0.4, -0.2) is 11.8 Å². The van der Waals surface area contributed by atoms with Gasteiger partial charge in [0.05, 0.1) is 0 Å². The van der Waals surface area contributed by atoms with Crippen LogP contribution >= 0.6 is 23.1 Å². The fraction of sp³-hybridized carbons (Fsp3) is 0.0370. The molecular weight excluding hydrogens is 448 g/mol. The molecule has 1 aromatic heterocycles. The summed E-state index contributed by atoms with van der Waals surface area (Å²) in [5.74, 6) is 0.133. The predicted octanol–water partition coefficient (Wildman–Crippen LogP) is 6.45. The van der Waals surface area contributed by atoms with Gasteiger partial charge in [-0.2, -0.15) is 0 Å². The summed E-state index contributed by atoms with van der Waals surface area (Å²) in [7, 11) is 0. The van der Waals surface area contributed by atoms with Crippen molar-refractivity contribution in [2.24, 2.45) is 0 Å². The number of carbonyl (C=O) groups excluding carboxylic acids is 2. The van der Waals surface area contributed by atoms with E-state index in [9.17, 15) is 9.59 Å². The number of thioether (sulfide) groups is 1. The maximum Gasteiger partial charge on any atom is 0.272 e. The molecule has 33 heavy (non-hydrogen) atoms. The molecule has 0 aliphatic carbocycles. The van der Waals surface area contributed by atoms with Gasteiger partial charge in [0.2, 0.25) is 0 Å². The highest BCUT2D eigenvalue weighted by atomic mass is 32.2. The number of rotatable bonds is 8. The van der Waals surface area contributed by atoms with Gasteiger partial charge in [-0.1, -0.05) is 60.7 Å². The number of thiophene rings is 1. The topological polar surface area (TPSA) is 58.2 Å². The van der Waals surface area contributed by atoms with Crippen LogP contribution in [0.25, 0.3) is 6.08 Å². The van der Waals surface area contributed by atoms with Gasteiger partial charge in [-0.15, -0.1) is 23.1 Å². The van der Waals surface area contributed by atoms with Crippen molar-refractivity contribution in [2.75, 3.05) is 5.32 Å². The van der Waals surface area contributed by atoms with Crippen molar-refractivity contribution in [1.82, 2.24) is 5.32 Å². The third-order valence-corrected chi connectivity index (χ3v) is 6.58. The Balaban J connectivity index is 1.48. The molecule has 0 saturated heterocycles. The van der Waals surface area contributed by atoms with E-state index in [0.717, 1.165) is 15.5 Å². The molecule has 4 aromatic rings. The Morgan fingerprint density at radius 1 is 0.848 bits per heavy atom. The van der Waals surface area contributed by atoms with Crippen LogP contribution in [-0.2, 0) is 10.5 Å². The first kappa shape index (κ1) is 22.6. The summed E-state index contributed by atoms with van der Waals surface area (Å²) in [5, 5.41) is 7.61. The Kier molecular flexibility index (Phi) is 7.74. The summed E-state index contributed by atoms with van der Waals surface area (Å²) in [5.41, 5.74) is 2.58. The minimum atomic E-state index is -0.377. The van der Waals surface area contributed by atoms with Gasteiger partial charge in [0.1, 0.15) is 5.70 Å². The zero-order chi connectivity index (χ0) is 22.9. The van der Waals surface area contributed by atoms with E-state index >= 15 is 0 Å². The second-order valence-electron chi connectivity index (χ2n) is 7.15. The van der Waals surface area contributed by atoms with Gasteiger partial charge >= 0.3 is 0 Å². The van der Waals surface area contributed by atoms with Crippen molar-refractivity contribution in [2.45, 2.75) is 10.6 Å². The molecule has 0 spiro atoms. The molecule has 0 atom stereocenters. The van der Waals surface area contributed by atoms with Gasteiger partial charge in [-0.25, -0.2) is 0 Å². The molecule has 3 aromatic carbocycles. The van der Waals surface area contributed by atoms with Gasteiger partial charge in [0, 0.05) is 26.8 Å². The average molecular weight is 471 g/mol. The molecule has 4 nitrogen and oxygen atoms in total. The number of nitrogens with one attached hydrogen (secondary N) is 2. The molecule has 2 N–H and O–H groups in total. The molecule has 0 aliphatic heterocycles. The number of carbonyl (C=O) groups is 2. The average Bonchev–Trinajstić information content (AvgIpc) is 3.37.